The third kappa shape index (κ3) is 4.95. The zero-order valence-electron chi connectivity index (χ0n) is 13.6. The molecule has 1 aromatic carbocycles. The van der Waals surface area contributed by atoms with Gasteiger partial charge in [-0.15, -0.1) is 11.3 Å². The van der Waals surface area contributed by atoms with Crippen molar-refractivity contribution in [3.8, 4) is 10.6 Å². The van der Waals surface area contributed by atoms with Gasteiger partial charge in [0.2, 0.25) is 5.91 Å². The Hall–Kier alpha value is -1.68. The maximum Gasteiger partial charge on any atom is 0.220 e. The summed E-state index contributed by atoms with van der Waals surface area (Å²) in [5.41, 5.74) is 3.41. The van der Waals surface area contributed by atoms with Crippen LogP contribution in [-0.2, 0) is 11.2 Å². The molecule has 0 aliphatic heterocycles. The van der Waals surface area contributed by atoms with Crippen LogP contribution in [0.1, 0.15) is 37.9 Å². The van der Waals surface area contributed by atoms with Crippen LogP contribution in [0.25, 0.3) is 10.6 Å². The van der Waals surface area contributed by atoms with Gasteiger partial charge in [-0.1, -0.05) is 38.1 Å². The van der Waals surface area contributed by atoms with Crippen LogP contribution in [-0.4, -0.2) is 17.4 Å². The fourth-order valence-corrected chi connectivity index (χ4v) is 3.13. The Kier molecular flexibility index (Phi) is 6.13. The number of hydrogen-bond acceptors (Lipinski definition) is 3. The summed E-state index contributed by atoms with van der Waals surface area (Å²) in [6.45, 7) is 7.18. The van der Waals surface area contributed by atoms with Gasteiger partial charge in [-0.05, 0) is 31.2 Å². The van der Waals surface area contributed by atoms with Crippen LogP contribution in [0.2, 0.25) is 0 Å². The number of aryl methyl sites for hydroxylation is 2. The van der Waals surface area contributed by atoms with Crippen molar-refractivity contribution < 1.29 is 4.79 Å². The minimum atomic E-state index is 0.117. The van der Waals surface area contributed by atoms with Crippen molar-refractivity contribution in [1.29, 1.82) is 0 Å². The molecule has 0 atom stereocenters. The minimum Gasteiger partial charge on any atom is -0.356 e. The molecule has 2 aromatic rings. The van der Waals surface area contributed by atoms with Crippen LogP contribution in [0, 0.1) is 12.8 Å². The Morgan fingerprint density at radius 2 is 2.09 bits per heavy atom. The predicted molar refractivity (Wildman–Crippen MR) is 93.1 cm³/mol. The zero-order chi connectivity index (χ0) is 15.9. The summed E-state index contributed by atoms with van der Waals surface area (Å²) >= 11 is 1.65. The van der Waals surface area contributed by atoms with Crippen molar-refractivity contribution >= 4 is 17.2 Å². The summed E-state index contributed by atoms with van der Waals surface area (Å²) in [7, 11) is 0. The number of rotatable bonds is 7. The van der Waals surface area contributed by atoms with E-state index in [0.29, 0.717) is 18.8 Å². The molecule has 0 bridgehead atoms. The number of carbonyl (C=O) groups is 1. The molecular formula is C18H24N2OS. The molecule has 22 heavy (non-hydrogen) atoms. The molecule has 4 heteroatoms. The Balaban J connectivity index is 1.85. The Morgan fingerprint density at radius 1 is 1.32 bits per heavy atom. The first-order chi connectivity index (χ1) is 10.6. The van der Waals surface area contributed by atoms with Gasteiger partial charge in [-0.3, -0.25) is 4.79 Å². The number of benzene rings is 1. The molecule has 3 nitrogen and oxygen atoms in total. The second-order valence-corrected chi connectivity index (χ2v) is 6.85. The van der Waals surface area contributed by atoms with Gasteiger partial charge in [0.1, 0.15) is 5.01 Å². The first-order valence-corrected chi connectivity index (χ1v) is 8.71. The van der Waals surface area contributed by atoms with Crippen LogP contribution >= 0.6 is 11.3 Å². The van der Waals surface area contributed by atoms with Gasteiger partial charge < -0.3 is 5.32 Å². The molecule has 0 saturated carbocycles. The second kappa shape index (κ2) is 8.08. The summed E-state index contributed by atoms with van der Waals surface area (Å²) in [4.78, 5) is 16.5. The third-order valence-electron chi connectivity index (χ3n) is 3.58. The number of nitrogens with one attached hydrogen (secondary N) is 1. The van der Waals surface area contributed by atoms with Crippen molar-refractivity contribution in [2.75, 3.05) is 6.54 Å². The molecule has 1 aromatic heterocycles. The van der Waals surface area contributed by atoms with E-state index in [1.807, 2.05) is 12.1 Å². The maximum absolute atomic E-state index is 11.8. The van der Waals surface area contributed by atoms with Crippen molar-refractivity contribution in [2.45, 2.75) is 40.0 Å². The molecule has 0 spiro atoms. The molecule has 0 aliphatic rings. The number of carbonyl (C=O) groups excluding carboxylic acids is 1. The first kappa shape index (κ1) is 16.7. The average Bonchev–Trinajstić information content (AvgIpc) is 2.94. The largest absolute Gasteiger partial charge is 0.356 e. The van der Waals surface area contributed by atoms with Crippen LogP contribution in [0.15, 0.2) is 29.6 Å². The van der Waals surface area contributed by atoms with E-state index in [-0.39, 0.29) is 5.91 Å². The number of nitrogens with zero attached hydrogens (tertiary/aromatic N) is 1. The lowest BCUT2D eigenvalue weighted by Gasteiger charge is -2.06. The minimum absolute atomic E-state index is 0.117. The topological polar surface area (TPSA) is 42.0 Å². The fraction of sp³-hybridized carbons (Fsp3) is 0.444. The van der Waals surface area contributed by atoms with E-state index in [1.165, 1.54) is 11.1 Å². The molecule has 0 unspecified atom stereocenters. The fourth-order valence-electron chi connectivity index (χ4n) is 2.19. The smallest absolute Gasteiger partial charge is 0.220 e. The van der Waals surface area contributed by atoms with Gasteiger partial charge in [-0.25, -0.2) is 4.98 Å². The molecule has 0 saturated heterocycles. The third-order valence-corrected chi connectivity index (χ3v) is 4.50. The lowest BCUT2D eigenvalue weighted by Crippen LogP contribution is -2.25. The summed E-state index contributed by atoms with van der Waals surface area (Å²) in [6, 6.07) is 8.26. The van der Waals surface area contributed by atoms with Gasteiger partial charge in [0, 0.05) is 23.9 Å². The highest BCUT2D eigenvalue weighted by Crippen LogP contribution is 2.26. The van der Waals surface area contributed by atoms with Gasteiger partial charge in [-0.2, -0.15) is 0 Å². The molecule has 0 radical (unpaired) electrons. The van der Waals surface area contributed by atoms with Crippen LogP contribution < -0.4 is 5.32 Å². The molecule has 1 N–H and O–H groups in total. The summed E-state index contributed by atoms with van der Waals surface area (Å²) in [5.74, 6) is 0.738. The van der Waals surface area contributed by atoms with Gasteiger partial charge in [0.15, 0.2) is 0 Å². The highest BCUT2D eigenvalue weighted by atomic mass is 32.1. The van der Waals surface area contributed by atoms with Crippen molar-refractivity contribution in [3.05, 3.63) is 40.9 Å². The molecule has 2 rings (SSSR count). The Morgan fingerprint density at radius 3 is 2.82 bits per heavy atom. The van der Waals surface area contributed by atoms with Gasteiger partial charge in [0.25, 0.3) is 0 Å². The van der Waals surface area contributed by atoms with E-state index in [4.69, 9.17) is 0 Å². The zero-order valence-corrected chi connectivity index (χ0v) is 14.4. The molecule has 1 amide bonds. The molecule has 0 fully saturated rings. The molecule has 1 heterocycles. The highest BCUT2D eigenvalue weighted by molar-refractivity contribution is 7.13. The predicted octanol–water partition coefficient (Wildman–Crippen LogP) is 4.21. The highest BCUT2D eigenvalue weighted by Gasteiger charge is 2.08. The van der Waals surface area contributed by atoms with E-state index in [9.17, 15) is 4.79 Å². The van der Waals surface area contributed by atoms with E-state index in [1.54, 1.807) is 11.3 Å². The molecule has 0 aliphatic carbocycles. The van der Waals surface area contributed by atoms with E-state index in [2.05, 4.69) is 48.6 Å². The van der Waals surface area contributed by atoms with E-state index >= 15 is 0 Å². The number of thiazole rings is 1. The van der Waals surface area contributed by atoms with Crippen LogP contribution in [0.5, 0.6) is 0 Å². The summed E-state index contributed by atoms with van der Waals surface area (Å²) in [5, 5.41) is 6.06. The van der Waals surface area contributed by atoms with E-state index < -0.39 is 0 Å². The SMILES string of the molecule is Cc1ccccc1-c1nc(CCC(=O)NCCC(C)C)cs1. The number of aromatic nitrogens is 1. The monoisotopic (exact) mass is 316 g/mol. The lowest BCUT2D eigenvalue weighted by atomic mass is 10.1. The van der Waals surface area contributed by atoms with Crippen molar-refractivity contribution in [1.82, 2.24) is 10.3 Å². The maximum atomic E-state index is 11.8. The summed E-state index contributed by atoms with van der Waals surface area (Å²) in [6.07, 6.45) is 2.24. The van der Waals surface area contributed by atoms with Crippen LogP contribution in [0.3, 0.4) is 0 Å². The van der Waals surface area contributed by atoms with Crippen LogP contribution in [0.4, 0.5) is 0 Å². The van der Waals surface area contributed by atoms with Gasteiger partial charge >= 0.3 is 0 Å². The van der Waals surface area contributed by atoms with Crippen molar-refractivity contribution in [3.63, 3.8) is 0 Å². The summed E-state index contributed by atoms with van der Waals surface area (Å²) < 4.78 is 0. The Labute approximate surface area is 136 Å². The van der Waals surface area contributed by atoms with E-state index in [0.717, 1.165) is 23.7 Å². The Bertz CT molecular complexity index is 619. The average molecular weight is 316 g/mol. The number of hydrogen-bond donors (Lipinski definition) is 1. The standard InChI is InChI=1S/C18H24N2OS/c1-13(2)10-11-19-17(21)9-8-15-12-22-18(20-15)16-7-5-4-6-14(16)3/h4-7,12-13H,8-11H2,1-3H3,(H,19,21). The normalized spacial score (nSPS) is 10.9. The van der Waals surface area contributed by atoms with Crippen molar-refractivity contribution in [2.24, 2.45) is 5.92 Å². The first-order valence-electron chi connectivity index (χ1n) is 7.83. The number of amides is 1. The van der Waals surface area contributed by atoms with Gasteiger partial charge in [0.05, 0.1) is 5.69 Å². The second-order valence-electron chi connectivity index (χ2n) is 5.99. The lowest BCUT2D eigenvalue weighted by molar-refractivity contribution is -0.121. The molecular weight excluding hydrogens is 292 g/mol. The molecule has 118 valence electrons. The quantitative estimate of drug-likeness (QED) is 0.831.